The number of benzene rings is 2. The molecule has 2 amide bonds. The highest BCUT2D eigenvalue weighted by molar-refractivity contribution is 5.86. The topological polar surface area (TPSA) is 125 Å². The third-order valence-electron chi connectivity index (χ3n) is 5.82. The molecule has 2 aromatic carbocycles. The van der Waals surface area contributed by atoms with Crippen molar-refractivity contribution in [2.45, 2.75) is 43.5 Å². The van der Waals surface area contributed by atoms with Crippen molar-refractivity contribution in [2.24, 2.45) is 0 Å². The molecule has 0 saturated heterocycles. The molecular formula is C24H25F3N2O6. The van der Waals surface area contributed by atoms with E-state index in [4.69, 9.17) is 9.84 Å². The number of alkyl halides is 3. The number of aliphatic hydroxyl groups is 1. The van der Waals surface area contributed by atoms with Gasteiger partial charge in [0.15, 0.2) is 5.60 Å². The molecule has 1 aliphatic carbocycles. The largest absolute Gasteiger partial charge is 0.481 e. The lowest BCUT2D eigenvalue weighted by molar-refractivity contribution is -0.250. The maximum Gasteiger partial charge on any atom is 0.418 e. The van der Waals surface area contributed by atoms with E-state index in [-0.39, 0.29) is 18.9 Å². The van der Waals surface area contributed by atoms with Crippen LogP contribution in [0.2, 0.25) is 0 Å². The number of carbonyl (C=O) groups excluding carboxylic acids is 2. The van der Waals surface area contributed by atoms with E-state index in [2.05, 4.69) is 5.32 Å². The number of ether oxygens (including phenoxy) is 1. The van der Waals surface area contributed by atoms with Gasteiger partial charge in [-0.3, -0.25) is 9.59 Å². The Labute approximate surface area is 199 Å². The summed E-state index contributed by atoms with van der Waals surface area (Å²) in [4.78, 5) is 35.8. The van der Waals surface area contributed by atoms with Gasteiger partial charge in [-0.05, 0) is 35.6 Å². The van der Waals surface area contributed by atoms with Crippen LogP contribution in [0.3, 0.4) is 0 Å². The summed E-state index contributed by atoms with van der Waals surface area (Å²) >= 11 is 0. The molecule has 0 fully saturated rings. The van der Waals surface area contributed by atoms with Gasteiger partial charge in [0.1, 0.15) is 12.6 Å². The van der Waals surface area contributed by atoms with Crippen LogP contribution < -0.4 is 10.6 Å². The smallest absolute Gasteiger partial charge is 0.418 e. The number of halogens is 3. The van der Waals surface area contributed by atoms with Gasteiger partial charge in [0.2, 0.25) is 5.91 Å². The molecule has 11 heteroatoms. The Morgan fingerprint density at radius 2 is 1.57 bits per heavy atom. The Morgan fingerprint density at radius 3 is 2.09 bits per heavy atom. The first-order valence-corrected chi connectivity index (χ1v) is 10.8. The predicted molar refractivity (Wildman–Crippen MR) is 119 cm³/mol. The number of carboxylic acids is 1. The lowest BCUT2D eigenvalue weighted by atomic mass is 9.98. The Balaban J connectivity index is 1.65. The van der Waals surface area contributed by atoms with Gasteiger partial charge in [0.25, 0.3) is 0 Å². The predicted octanol–water partition coefficient (Wildman–Crippen LogP) is 3.19. The monoisotopic (exact) mass is 494 g/mol. The van der Waals surface area contributed by atoms with Crippen molar-refractivity contribution in [3.05, 3.63) is 59.7 Å². The average Bonchev–Trinajstić information content (AvgIpc) is 3.11. The highest BCUT2D eigenvalue weighted by atomic mass is 19.4. The van der Waals surface area contributed by atoms with E-state index in [0.717, 1.165) is 22.3 Å². The van der Waals surface area contributed by atoms with Crippen LogP contribution in [-0.2, 0) is 14.3 Å². The number of nitrogens with one attached hydrogen (secondary N) is 2. The number of hydrogen-bond acceptors (Lipinski definition) is 5. The minimum absolute atomic E-state index is 0.0735. The molecule has 0 bridgehead atoms. The van der Waals surface area contributed by atoms with Gasteiger partial charge >= 0.3 is 18.2 Å². The number of aliphatic carboxylic acids is 1. The van der Waals surface area contributed by atoms with Crippen molar-refractivity contribution in [1.29, 1.82) is 0 Å². The SMILES string of the molecule is CC(O)(CNC(=O)C(CCC(=O)O)NC(=O)OCC1c2ccccc2-c2ccccc21)C(F)(F)F. The number of amides is 2. The standard InChI is InChI=1S/C24H25F3N2O6/c1-23(34,24(25,26)27)13-28-21(32)19(10-11-20(30)31)29-22(33)35-12-18-16-8-4-2-6-14(16)15-7-3-5-9-17(15)18/h2-9,18-19,34H,10-13H2,1H3,(H,28,32)(H,29,33)(H,30,31). The van der Waals surface area contributed by atoms with E-state index < -0.39 is 48.8 Å². The second kappa shape index (κ2) is 10.3. The van der Waals surface area contributed by atoms with Crippen molar-refractivity contribution in [3.63, 3.8) is 0 Å². The minimum Gasteiger partial charge on any atom is -0.481 e. The minimum atomic E-state index is -5.00. The Kier molecular flexibility index (Phi) is 7.69. The highest BCUT2D eigenvalue weighted by Crippen LogP contribution is 2.44. The molecular weight excluding hydrogens is 469 g/mol. The summed E-state index contributed by atoms with van der Waals surface area (Å²) < 4.78 is 43.8. The highest BCUT2D eigenvalue weighted by Gasteiger charge is 2.50. The average molecular weight is 494 g/mol. The molecule has 0 saturated carbocycles. The van der Waals surface area contributed by atoms with Gasteiger partial charge < -0.3 is 25.6 Å². The maximum atomic E-state index is 12.8. The van der Waals surface area contributed by atoms with E-state index in [1.54, 1.807) is 0 Å². The zero-order chi connectivity index (χ0) is 25.8. The van der Waals surface area contributed by atoms with Crippen LogP contribution in [0.25, 0.3) is 11.1 Å². The Hall–Kier alpha value is -3.60. The van der Waals surface area contributed by atoms with E-state index in [1.807, 2.05) is 53.8 Å². The van der Waals surface area contributed by atoms with E-state index in [1.165, 1.54) is 0 Å². The van der Waals surface area contributed by atoms with Gasteiger partial charge in [-0.25, -0.2) is 4.79 Å². The van der Waals surface area contributed by atoms with Gasteiger partial charge in [-0.2, -0.15) is 13.2 Å². The quantitative estimate of drug-likeness (QED) is 0.424. The molecule has 2 aromatic rings. The van der Waals surface area contributed by atoms with Crippen molar-refractivity contribution < 1.29 is 42.5 Å². The van der Waals surface area contributed by atoms with Crippen molar-refractivity contribution >= 4 is 18.0 Å². The first kappa shape index (κ1) is 26.0. The number of carboxylic acid groups (broad SMARTS) is 1. The fourth-order valence-electron chi connectivity index (χ4n) is 3.80. The fourth-order valence-corrected chi connectivity index (χ4v) is 3.80. The summed E-state index contributed by atoms with van der Waals surface area (Å²) in [7, 11) is 0. The zero-order valence-corrected chi connectivity index (χ0v) is 18.8. The van der Waals surface area contributed by atoms with Crippen LogP contribution in [0.5, 0.6) is 0 Å². The number of carbonyl (C=O) groups is 3. The fraction of sp³-hybridized carbons (Fsp3) is 0.375. The molecule has 2 unspecified atom stereocenters. The molecule has 1 aliphatic rings. The molecule has 4 N–H and O–H groups in total. The molecule has 2 atom stereocenters. The van der Waals surface area contributed by atoms with Crippen LogP contribution in [0.1, 0.15) is 36.8 Å². The maximum absolute atomic E-state index is 12.8. The Morgan fingerprint density at radius 1 is 1.03 bits per heavy atom. The number of rotatable bonds is 9. The third-order valence-corrected chi connectivity index (χ3v) is 5.82. The molecule has 0 radical (unpaired) electrons. The summed E-state index contributed by atoms with van der Waals surface area (Å²) in [6, 6.07) is 13.8. The van der Waals surface area contributed by atoms with Gasteiger partial charge in [-0.1, -0.05) is 48.5 Å². The van der Waals surface area contributed by atoms with E-state index in [9.17, 15) is 32.7 Å². The van der Waals surface area contributed by atoms with Gasteiger partial charge in [0.05, 0.1) is 6.54 Å². The van der Waals surface area contributed by atoms with Crippen LogP contribution in [0.15, 0.2) is 48.5 Å². The molecule has 0 aromatic heterocycles. The Bertz CT molecular complexity index is 1060. The summed E-state index contributed by atoms with van der Waals surface area (Å²) in [5.41, 5.74) is 0.719. The molecule has 3 rings (SSSR count). The van der Waals surface area contributed by atoms with Gasteiger partial charge in [0, 0.05) is 12.3 Å². The van der Waals surface area contributed by atoms with Crippen molar-refractivity contribution in [2.75, 3.05) is 13.2 Å². The van der Waals surface area contributed by atoms with Crippen LogP contribution in [0.4, 0.5) is 18.0 Å². The van der Waals surface area contributed by atoms with Crippen molar-refractivity contribution in [3.8, 4) is 11.1 Å². The zero-order valence-electron chi connectivity index (χ0n) is 18.8. The first-order valence-electron chi connectivity index (χ1n) is 10.8. The van der Waals surface area contributed by atoms with Crippen LogP contribution in [0, 0.1) is 0 Å². The van der Waals surface area contributed by atoms with Crippen molar-refractivity contribution in [1.82, 2.24) is 10.6 Å². The second-order valence-corrected chi connectivity index (χ2v) is 8.44. The molecule has 8 nitrogen and oxygen atoms in total. The summed E-state index contributed by atoms with van der Waals surface area (Å²) in [6.45, 7) is -0.764. The van der Waals surface area contributed by atoms with E-state index >= 15 is 0 Å². The summed E-state index contributed by atoms with van der Waals surface area (Å²) in [6.07, 6.45) is -6.95. The van der Waals surface area contributed by atoms with Crippen LogP contribution in [-0.4, -0.2) is 59.2 Å². The molecule has 0 spiro atoms. The summed E-state index contributed by atoms with van der Waals surface area (Å²) in [5, 5.41) is 22.5. The number of alkyl carbamates (subject to hydrolysis) is 1. The normalized spacial score (nSPS) is 15.3. The summed E-state index contributed by atoms with van der Waals surface area (Å²) in [5.74, 6) is -2.61. The van der Waals surface area contributed by atoms with E-state index in [0.29, 0.717) is 6.92 Å². The molecule has 0 aliphatic heterocycles. The molecule has 188 valence electrons. The molecule has 35 heavy (non-hydrogen) atoms. The first-order chi connectivity index (χ1) is 16.4. The lowest BCUT2D eigenvalue weighted by Crippen LogP contribution is -2.55. The second-order valence-electron chi connectivity index (χ2n) is 8.44. The number of fused-ring (bicyclic) bond motifs is 3. The molecule has 0 heterocycles. The lowest BCUT2D eigenvalue weighted by Gasteiger charge is -2.27. The third kappa shape index (κ3) is 6.10. The van der Waals surface area contributed by atoms with Crippen LogP contribution >= 0.6 is 0 Å². The van der Waals surface area contributed by atoms with Gasteiger partial charge in [-0.15, -0.1) is 0 Å². The number of hydrogen-bond donors (Lipinski definition) is 4.